The van der Waals surface area contributed by atoms with Gasteiger partial charge in [-0.05, 0) is 54.7 Å². The average Bonchev–Trinajstić information content (AvgIpc) is 3.16. The van der Waals surface area contributed by atoms with Crippen LogP contribution in [-0.4, -0.2) is 30.4 Å². The van der Waals surface area contributed by atoms with Gasteiger partial charge in [0.2, 0.25) is 5.91 Å². The van der Waals surface area contributed by atoms with Gasteiger partial charge in [-0.3, -0.25) is 9.59 Å². The first-order valence-corrected chi connectivity index (χ1v) is 9.14. The van der Waals surface area contributed by atoms with E-state index < -0.39 is 5.82 Å². The standard InChI is InChI=1S/C21H21FN2O3/c1-27-15-7-4-13(5-8-15)19-3-2-10-24(19)21(26)16-11-14-6-9-20(25)23-18(14)12-17(16)22/h4-5,7-8,11-12,19H,2-3,6,9-10H2,1H3,(H,23,25). The molecule has 2 aromatic rings. The van der Waals surface area contributed by atoms with Crippen molar-refractivity contribution in [1.29, 1.82) is 0 Å². The molecule has 6 heteroatoms. The summed E-state index contributed by atoms with van der Waals surface area (Å²) in [6.07, 6.45) is 2.60. The number of benzene rings is 2. The number of nitrogens with one attached hydrogen (secondary N) is 1. The van der Waals surface area contributed by atoms with Crippen LogP contribution < -0.4 is 10.1 Å². The molecule has 27 heavy (non-hydrogen) atoms. The zero-order valence-electron chi connectivity index (χ0n) is 15.1. The number of nitrogens with zero attached hydrogens (tertiary/aromatic N) is 1. The second kappa shape index (κ2) is 7.02. The minimum absolute atomic E-state index is 0.0708. The van der Waals surface area contributed by atoms with Gasteiger partial charge in [-0.15, -0.1) is 0 Å². The van der Waals surface area contributed by atoms with E-state index in [1.807, 2.05) is 24.3 Å². The molecule has 0 spiro atoms. The minimum Gasteiger partial charge on any atom is -0.497 e. The van der Waals surface area contributed by atoms with Gasteiger partial charge in [-0.1, -0.05) is 12.1 Å². The molecule has 0 aliphatic carbocycles. The maximum atomic E-state index is 14.6. The highest BCUT2D eigenvalue weighted by molar-refractivity contribution is 5.98. The smallest absolute Gasteiger partial charge is 0.257 e. The van der Waals surface area contributed by atoms with E-state index in [4.69, 9.17) is 4.74 Å². The van der Waals surface area contributed by atoms with Gasteiger partial charge in [0, 0.05) is 18.7 Å². The third kappa shape index (κ3) is 3.27. The fourth-order valence-electron chi connectivity index (χ4n) is 3.90. The van der Waals surface area contributed by atoms with Gasteiger partial charge < -0.3 is 15.0 Å². The van der Waals surface area contributed by atoms with Gasteiger partial charge in [-0.2, -0.15) is 0 Å². The Hall–Kier alpha value is -2.89. The number of likely N-dealkylation sites (tertiary alicyclic amines) is 1. The van der Waals surface area contributed by atoms with Crippen LogP contribution in [0, 0.1) is 5.82 Å². The topological polar surface area (TPSA) is 58.6 Å². The summed E-state index contributed by atoms with van der Waals surface area (Å²) in [5.41, 5.74) is 2.37. The normalized spacial score (nSPS) is 18.8. The summed E-state index contributed by atoms with van der Waals surface area (Å²) < 4.78 is 19.8. The van der Waals surface area contributed by atoms with Crippen molar-refractivity contribution in [2.75, 3.05) is 19.0 Å². The van der Waals surface area contributed by atoms with Crippen molar-refractivity contribution in [1.82, 2.24) is 4.90 Å². The number of fused-ring (bicyclic) bond motifs is 1. The molecule has 1 N–H and O–H groups in total. The lowest BCUT2D eigenvalue weighted by Crippen LogP contribution is -2.31. The van der Waals surface area contributed by atoms with Crippen LogP contribution in [0.15, 0.2) is 36.4 Å². The summed E-state index contributed by atoms with van der Waals surface area (Å²) in [7, 11) is 1.61. The third-order valence-corrected chi connectivity index (χ3v) is 5.33. The fraction of sp³-hybridized carbons (Fsp3) is 0.333. The highest BCUT2D eigenvalue weighted by Gasteiger charge is 2.32. The predicted octanol–water partition coefficient (Wildman–Crippen LogP) is 3.70. The molecule has 4 rings (SSSR count). The van der Waals surface area contributed by atoms with Crippen molar-refractivity contribution in [2.24, 2.45) is 0 Å². The molecule has 0 radical (unpaired) electrons. The summed E-state index contributed by atoms with van der Waals surface area (Å²) in [6, 6.07) is 10.4. The SMILES string of the molecule is COc1ccc(C2CCCN2C(=O)c2cc3c(cc2F)NC(=O)CC3)cc1. The molecule has 0 aromatic heterocycles. The van der Waals surface area contributed by atoms with Crippen molar-refractivity contribution in [3.05, 3.63) is 58.9 Å². The first kappa shape index (κ1) is 17.5. The quantitative estimate of drug-likeness (QED) is 0.899. The molecular formula is C21H21FN2O3. The highest BCUT2D eigenvalue weighted by Crippen LogP contribution is 2.35. The lowest BCUT2D eigenvalue weighted by Gasteiger charge is -2.26. The van der Waals surface area contributed by atoms with Crippen LogP contribution in [0.3, 0.4) is 0 Å². The largest absolute Gasteiger partial charge is 0.497 e. The molecule has 5 nitrogen and oxygen atoms in total. The van der Waals surface area contributed by atoms with E-state index >= 15 is 0 Å². The van der Waals surface area contributed by atoms with E-state index in [9.17, 15) is 14.0 Å². The number of ether oxygens (including phenoxy) is 1. The Labute approximate surface area is 157 Å². The Morgan fingerprint density at radius 2 is 2.00 bits per heavy atom. The maximum absolute atomic E-state index is 14.6. The Morgan fingerprint density at radius 3 is 2.74 bits per heavy atom. The van der Waals surface area contributed by atoms with Crippen molar-refractivity contribution in [3.8, 4) is 5.75 Å². The second-order valence-corrected chi connectivity index (χ2v) is 6.97. The lowest BCUT2D eigenvalue weighted by atomic mass is 9.98. The number of halogens is 1. The number of hydrogen-bond donors (Lipinski definition) is 1. The van der Waals surface area contributed by atoms with E-state index in [2.05, 4.69) is 5.32 Å². The number of carbonyl (C=O) groups excluding carboxylic acids is 2. The van der Waals surface area contributed by atoms with Crippen molar-refractivity contribution in [3.63, 3.8) is 0 Å². The predicted molar refractivity (Wildman–Crippen MR) is 99.4 cm³/mol. The molecule has 1 unspecified atom stereocenters. The molecule has 0 saturated carbocycles. The number of methoxy groups -OCH3 is 1. The number of carbonyl (C=O) groups is 2. The van der Waals surface area contributed by atoms with Crippen molar-refractivity contribution >= 4 is 17.5 Å². The van der Waals surface area contributed by atoms with Crippen LogP contribution in [0.2, 0.25) is 0 Å². The van der Waals surface area contributed by atoms with Gasteiger partial charge >= 0.3 is 0 Å². The summed E-state index contributed by atoms with van der Waals surface area (Å²) in [5, 5.41) is 2.67. The first-order valence-electron chi connectivity index (χ1n) is 9.14. The molecule has 2 aromatic carbocycles. The van der Waals surface area contributed by atoms with Crippen LogP contribution in [0.5, 0.6) is 5.75 Å². The van der Waals surface area contributed by atoms with E-state index in [1.54, 1.807) is 18.1 Å². The van der Waals surface area contributed by atoms with Crippen LogP contribution in [-0.2, 0) is 11.2 Å². The monoisotopic (exact) mass is 368 g/mol. The molecule has 2 heterocycles. The number of amides is 2. The zero-order valence-corrected chi connectivity index (χ0v) is 15.1. The molecule has 2 aliphatic heterocycles. The Balaban J connectivity index is 1.62. The molecule has 1 atom stereocenters. The van der Waals surface area contributed by atoms with Crippen LogP contribution >= 0.6 is 0 Å². The lowest BCUT2D eigenvalue weighted by molar-refractivity contribution is -0.116. The van der Waals surface area contributed by atoms with Crippen molar-refractivity contribution < 1.29 is 18.7 Å². The summed E-state index contributed by atoms with van der Waals surface area (Å²) in [6.45, 7) is 0.600. The summed E-state index contributed by atoms with van der Waals surface area (Å²) in [5.74, 6) is -0.260. The van der Waals surface area contributed by atoms with Gasteiger partial charge in [0.1, 0.15) is 11.6 Å². The molecule has 140 valence electrons. The van der Waals surface area contributed by atoms with Gasteiger partial charge in [0.05, 0.1) is 18.7 Å². The maximum Gasteiger partial charge on any atom is 0.257 e. The summed E-state index contributed by atoms with van der Waals surface area (Å²) in [4.78, 5) is 26.3. The third-order valence-electron chi connectivity index (χ3n) is 5.33. The molecule has 0 bridgehead atoms. The van der Waals surface area contributed by atoms with Crippen LogP contribution in [0.25, 0.3) is 0 Å². The van der Waals surface area contributed by atoms with E-state index in [0.717, 1.165) is 29.7 Å². The highest BCUT2D eigenvalue weighted by atomic mass is 19.1. The molecule has 1 fully saturated rings. The number of rotatable bonds is 3. The summed E-state index contributed by atoms with van der Waals surface area (Å²) >= 11 is 0. The van der Waals surface area contributed by atoms with Crippen LogP contribution in [0.1, 0.15) is 46.8 Å². The fourth-order valence-corrected chi connectivity index (χ4v) is 3.90. The number of anilines is 1. The van der Waals surface area contributed by atoms with Gasteiger partial charge in [0.25, 0.3) is 5.91 Å². The Bertz CT molecular complexity index is 895. The van der Waals surface area contributed by atoms with Gasteiger partial charge in [-0.25, -0.2) is 4.39 Å². The van der Waals surface area contributed by atoms with Crippen LogP contribution in [0.4, 0.5) is 10.1 Å². The molecule has 1 saturated heterocycles. The van der Waals surface area contributed by atoms with E-state index in [0.29, 0.717) is 25.1 Å². The minimum atomic E-state index is -0.596. The Kier molecular flexibility index (Phi) is 4.56. The zero-order chi connectivity index (χ0) is 19.0. The molecule has 2 aliphatic rings. The van der Waals surface area contributed by atoms with E-state index in [-0.39, 0.29) is 23.4 Å². The molecule has 2 amide bonds. The average molecular weight is 368 g/mol. The molecular weight excluding hydrogens is 347 g/mol. The first-order chi connectivity index (χ1) is 13.1. The van der Waals surface area contributed by atoms with E-state index in [1.165, 1.54) is 6.07 Å². The van der Waals surface area contributed by atoms with Gasteiger partial charge in [0.15, 0.2) is 0 Å². The Morgan fingerprint density at radius 1 is 1.22 bits per heavy atom. The van der Waals surface area contributed by atoms with Crippen molar-refractivity contribution in [2.45, 2.75) is 31.7 Å². The number of hydrogen-bond acceptors (Lipinski definition) is 3. The second-order valence-electron chi connectivity index (χ2n) is 6.97. The number of aryl methyl sites for hydroxylation is 1.